The third-order valence-corrected chi connectivity index (χ3v) is 4.15. The first kappa shape index (κ1) is 5.69. The van der Waals surface area contributed by atoms with Crippen molar-refractivity contribution >= 4 is 24.7 Å². The highest BCUT2D eigenvalue weighted by Crippen LogP contribution is 2.19. The molecule has 0 aromatic carbocycles. The molecule has 42 valence electrons. The van der Waals surface area contributed by atoms with E-state index < -0.39 is 0 Å². The highest BCUT2D eigenvalue weighted by atomic mass is 127. The quantitative estimate of drug-likeness (QED) is 0.502. The normalized spacial score (nSPS) is 33.1. The lowest BCUT2D eigenvalue weighted by molar-refractivity contribution is 0.639. The molecule has 0 spiro atoms. The molecule has 7 heavy (non-hydrogen) atoms. The lowest BCUT2D eigenvalue weighted by Gasteiger charge is -2.19. The zero-order chi connectivity index (χ0) is 5.28. The minimum absolute atomic E-state index is 0.424. The summed E-state index contributed by atoms with van der Waals surface area (Å²) in [6, 6.07) is 0.424. The van der Waals surface area contributed by atoms with Crippen molar-refractivity contribution in [2.75, 3.05) is 4.43 Å². The Labute approximate surface area is 54.0 Å². The Balaban J connectivity index is 2.29. The van der Waals surface area contributed by atoms with Crippen LogP contribution in [0.15, 0.2) is 0 Å². The standard InChI is InChI=1S/C5H10IN/c1-4(7)5-2-6-3-5/h2,4-5H,3,7H2,1H3. The Morgan fingerprint density at radius 1 is 2.00 bits per heavy atom. The predicted molar refractivity (Wildman–Crippen MR) is 42.1 cm³/mol. The Bertz CT molecular complexity index is 88.1. The number of alkyl halides is 1. The molecule has 0 saturated carbocycles. The average Bonchev–Trinajstić information content (AvgIpc) is 1.23. The molecular weight excluding hydrogens is 201 g/mol. The maximum Gasteiger partial charge on any atom is 0.00849 e. The molecule has 2 heteroatoms. The topological polar surface area (TPSA) is 26.0 Å². The van der Waals surface area contributed by atoms with Crippen molar-refractivity contribution in [1.82, 2.24) is 0 Å². The van der Waals surface area contributed by atoms with Gasteiger partial charge in [0.1, 0.15) is 0 Å². The van der Waals surface area contributed by atoms with Gasteiger partial charge in [0.15, 0.2) is 0 Å². The van der Waals surface area contributed by atoms with E-state index in [-0.39, 0.29) is 0 Å². The molecule has 2 unspecified atom stereocenters. The van der Waals surface area contributed by atoms with Crippen LogP contribution in [0.2, 0.25) is 0 Å². The van der Waals surface area contributed by atoms with Crippen LogP contribution in [0.3, 0.4) is 0 Å². The summed E-state index contributed by atoms with van der Waals surface area (Å²) in [5, 5.41) is 0. The maximum atomic E-state index is 5.58. The molecule has 0 aliphatic carbocycles. The van der Waals surface area contributed by atoms with Crippen LogP contribution in [-0.4, -0.2) is 14.5 Å². The van der Waals surface area contributed by atoms with Crippen molar-refractivity contribution in [3.63, 3.8) is 0 Å². The van der Waals surface area contributed by atoms with Gasteiger partial charge in [-0.15, -0.1) is 20.7 Å². The Morgan fingerprint density at radius 3 is 2.57 bits per heavy atom. The second kappa shape index (κ2) is 2.22. The van der Waals surface area contributed by atoms with Crippen LogP contribution in [0.25, 0.3) is 0 Å². The van der Waals surface area contributed by atoms with Gasteiger partial charge in [0.2, 0.25) is 0 Å². The number of rotatable bonds is 1. The number of nitrogens with two attached hydrogens (primary N) is 1. The van der Waals surface area contributed by atoms with E-state index in [2.05, 4.69) is 10.9 Å². The fourth-order valence-electron chi connectivity index (χ4n) is 0.447. The maximum absolute atomic E-state index is 5.58. The van der Waals surface area contributed by atoms with E-state index in [4.69, 9.17) is 5.73 Å². The van der Waals surface area contributed by atoms with Crippen molar-refractivity contribution in [2.45, 2.75) is 13.0 Å². The molecule has 1 aliphatic heterocycles. The number of halogens is 1. The van der Waals surface area contributed by atoms with Crippen LogP contribution in [0, 0.1) is 5.92 Å². The molecular formula is C5H10IN. The van der Waals surface area contributed by atoms with E-state index in [1.54, 1.807) is 0 Å². The van der Waals surface area contributed by atoms with Crippen LogP contribution in [-0.2, 0) is 0 Å². The minimum Gasteiger partial charge on any atom is -0.327 e. The summed E-state index contributed by atoms with van der Waals surface area (Å²) in [6.45, 7) is 2.09. The lowest BCUT2D eigenvalue weighted by Crippen LogP contribution is -2.31. The van der Waals surface area contributed by atoms with E-state index in [0.717, 1.165) is 5.92 Å². The van der Waals surface area contributed by atoms with Gasteiger partial charge in [0.05, 0.1) is 0 Å². The molecule has 1 heterocycles. The molecule has 2 N–H and O–H groups in total. The van der Waals surface area contributed by atoms with Crippen LogP contribution in [0.5, 0.6) is 0 Å². The molecule has 2 atom stereocenters. The van der Waals surface area contributed by atoms with Crippen LogP contribution >= 0.6 is 20.7 Å². The van der Waals surface area contributed by atoms with Gasteiger partial charge in [-0.05, 0) is 10.9 Å². The zero-order valence-electron chi connectivity index (χ0n) is 4.39. The Morgan fingerprint density at radius 2 is 2.57 bits per heavy atom. The van der Waals surface area contributed by atoms with Gasteiger partial charge in [-0.3, -0.25) is 0 Å². The molecule has 1 rings (SSSR count). The second-order valence-electron chi connectivity index (χ2n) is 1.96. The van der Waals surface area contributed by atoms with Crippen LogP contribution in [0.1, 0.15) is 6.92 Å². The van der Waals surface area contributed by atoms with Crippen molar-refractivity contribution in [2.24, 2.45) is 11.7 Å². The molecule has 1 aliphatic rings. The highest BCUT2D eigenvalue weighted by Gasteiger charge is 2.14. The van der Waals surface area contributed by atoms with Gasteiger partial charge in [-0.1, -0.05) is 0 Å². The summed E-state index contributed by atoms with van der Waals surface area (Å²) < 4.78 is 3.83. The number of hydrogen-bond donors (Lipinski definition) is 1. The summed E-state index contributed by atoms with van der Waals surface area (Å²) in [5.41, 5.74) is 5.58. The molecule has 0 aromatic rings. The first-order valence-corrected chi connectivity index (χ1v) is 5.24. The summed E-state index contributed by atoms with van der Waals surface area (Å²) in [4.78, 5) is 0. The number of hydrogen-bond acceptors (Lipinski definition) is 1. The smallest absolute Gasteiger partial charge is 0.00849 e. The first-order valence-electron chi connectivity index (χ1n) is 2.47. The van der Waals surface area contributed by atoms with Gasteiger partial charge in [0, 0.05) is 16.4 Å². The highest BCUT2D eigenvalue weighted by molar-refractivity contribution is 14.2. The molecule has 0 radical (unpaired) electrons. The van der Waals surface area contributed by atoms with Crippen LogP contribution in [0.4, 0.5) is 0 Å². The van der Waals surface area contributed by atoms with Gasteiger partial charge in [-0.2, -0.15) is 0 Å². The van der Waals surface area contributed by atoms with E-state index >= 15 is 0 Å². The van der Waals surface area contributed by atoms with E-state index in [1.807, 2.05) is 0 Å². The Hall–Kier alpha value is 0.560. The first-order chi connectivity index (χ1) is 3.30. The molecule has 0 aromatic heterocycles. The Kier molecular flexibility index (Phi) is 1.80. The largest absolute Gasteiger partial charge is 0.327 e. The van der Waals surface area contributed by atoms with Crippen molar-refractivity contribution in [3.05, 3.63) is 0 Å². The molecule has 1 nitrogen and oxygen atoms in total. The van der Waals surface area contributed by atoms with Crippen molar-refractivity contribution in [3.8, 4) is 0 Å². The lowest BCUT2D eigenvalue weighted by atomic mass is 10.1. The summed E-state index contributed by atoms with van der Waals surface area (Å²) in [6.07, 6.45) is 0. The summed E-state index contributed by atoms with van der Waals surface area (Å²) >= 11 is 0.512. The minimum atomic E-state index is 0.424. The second-order valence-corrected chi connectivity index (χ2v) is 4.44. The summed E-state index contributed by atoms with van der Waals surface area (Å²) in [5.74, 6) is 0.785. The van der Waals surface area contributed by atoms with E-state index in [9.17, 15) is 0 Å². The monoisotopic (exact) mass is 211 g/mol. The SMILES string of the molecule is CC(N)C1C=IC1. The molecule has 0 saturated heterocycles. The molecule has 0 amide bonds. The fraction of sp³-hybridized carbons (Fsp3) is 0.800. The molecule has 0 bridgehead atoms. The van der Waals surface area contributed by atoms with Crippen molar-refractivity contribution < 1.29 is 0 Å². The third-order valence-electron chi connectivity index (χ3n) is 1.19. The van der Waals surface area contributed by atoms with Gasteiger partial charge < -0.3 is 5.73 Å². The third kappa shape index (κ3) is 1.22. The average molecular weight is 211 g/mol. The van der Waals surface area contributed by atoms with E-state index in [1.165, 1.54) is 4.43 Å². The van der Waals surface area contributed by atoms with E-state index in [0.29, 0.717) is 26.8 Å². The van der Waals surface area contributed by atoms with Gasteiger partial charge >= 0.3 is 0 Å². The fourth-order valence-corrected chi connectivity index (χ4v) is 3.00. The van der Waals surface area contributed by atoms with Crippen LogP contribution < -0.4 is 5.73 Å². The zero-order valence-corrected chi connectivity index (χ0v) is 6.55. The van der Waals surface area contributed by atoms with Crippen molar-refractivity contribution in [1.29, 1.82) is 0 Å². The summed E-state index contributed by atoms with van der Waals surface area (Å²) in [7, 11) is 0. The van der Waals surface area contributed by atoms with Gasteiger partial charge in [-0.25, -0.2) is 0 Å². The predicted octanol–water partition coefficient (Wildman–Crippen LogP) is 0.736. The molecule has 0 fully saturated rings. The van der Waals surface area contributed by atoms with Gasteiger partial charge in [0.25, 0.3) is 0 Å².